The van der Waals surface area contributed by atoms with E-state index in [-0.39, 0.29) is 0 Å². The molecule has 2 saturated heterocycles. The number of ether oxygens (including phenoxy) is 1. The number of aromatic nitrogens is 2. The van der Waals surface area contributed by atoms with Gasteiger partial charge in [0.2, 0.25) is 11.9 Å². The molecule has 2 fully saturated rings. The van der Waals surface area contributed by atoms with E-state index in [0.717, 1.165) is 74.1 Å². The number of hydrogen-bond donors (Lipinski definition) is 2. The molecule has 0 spiro atoms. The maximum Gasteiger partial charge on any atom is 0.227 e. The summed E-state index contributed by atoms with van der Waals surface area (Å²) in [5.74, 6) is 0.935. The lowest BCUT2D eigenvalue weighted by Gasteiger charge is -2.34. The number of morpholine rings is 1. The Morgan fingerprint density at radius 1 is 1.12 bits per heavy atom. The molecule has 11 nitrogen and oxygen atoms in total. The van der Waals surface area contributed by atoms with Gasteiger partial charge in [0.1, 0.15) is 0 Å². The smallest absolute Gasteiger partial charge is 0.227 e. The Balaban J connectivity index is 1.28. The zero-order valence-electron chi connectivity index (χ0n) is 23.4. The van der Waals surface area contributed by atoms with Crippen LogP contribution in [0.15, 0.2) is 72.6 Å². The summed E-state index contributed by atoms with van der Waals surface area (Å²) in [5, 5.41) is 19.2. The summed E-state index contributed by atoms with van der Waals surface area (Å²) in [6.07, 6.45) is 3.36. The van der Waals surface area contributed by atoms with Gasteiger partial charge >= 0.3 is 0 Å². The van der Waals surface area contributed by atoms with Crippen molar-refractivity contribution in [2.75, 3.05) is 74.3 Å². The summed E-state index contributed by atoms with van der Waals surface area (Å²) < 4.78 is 5.48. The third kappa shape index (κ3) is 6.92. The average Bonchev–Trinajstić information content (AvgIpc) is 3.04. The van der Waals surface area contributed by atoms with Gasteiger partial charge in [-0.15, -0.1) is 5.10 Å². The normalized spacial score (nSPS) is 16.2. The van der Waals surface area contributed by atoms with E-state index in [2.05, 4.69) is 55.7 Å². The van der Waals surface area contributed by atoms with E-state index < -0.39 is 0 Å². The topological polar surface area (TPSA) is 122 Å². The van der Waals surface area contributed by atoms with Crippen LogP contribution in [0.2, 0.25) is 0 Å². The highest BCUT2D eigenvalue weighted by Crippen LogP contribution is 2.28. The number of likely N-dealkylation sites (N-methyl/N-ethyl adjacent to an activating group) is 1. The minimum absolute atomic E-state index is 0.458. The number of hydrazone groups is 1. The van der Waals surface area contributed by atoms with Crippen molar-refractivity contribution in [2.24, 2.45) is 10.8 Å². The largest absolute Gasteiger partial charge is 0.378 e. The van der Waals surface area contributed by atoms with Gasteiger partial charge in [-0.1, -0.05) is 13.5 Å². The molecule has 1 aromatic heterocycles. The van der Waals surface area contributed by atoms with Crippen LogP contribution in [0.3, 0.4) is 0 Å². The number of hydrogen-bond acceptors (Lipinski definition) is 9. The van der Waals surface area contributed by atoms with Gasteiger partial charge in [0, 0.05) is 68.6 Å². The molecule has 0 unspecified atom stereocenters. The minimum Gasteiger partial charge on any atom is -0.378 e. The first-order chi connectivity index (χ1) is 20.1. The summed E-state index contributed by atoms with van der Waals surface area (Å²) in [7, 11) is 0. The first kappa shape index (κ1) is 27.9. The molecule has 2 aromatic carbocycles. The molecule has 0 aliphatic carbocycles. The van der Waals surface area contributed by atoms with Gasteiger partial charge in [0.05, 0.1) is 36.2 Å². The Hall–Kier alpha value is -4.66. The SMILES string of the molecule is C=CN(/N=C(\N)N1CCN(CC)CC1)c1ccc(Nc2nccc(-c3cc(C#N)cc(N4CCOCC4)c3)n2)cc1. The third-order valence-corrected chi connectivity index (χ3v) is 7.29. The predicted octanol–water partition coefficient (Wildman–Crippen LogP) is 3.41. The molecule has 3 heterocycles. The Bertz CT molecular complexity index is 1400. The molecule has 212 valence electrons. The molecular weight excluding hydrogens is 516 g/mol. The highest BCUT2D eigenvalue weighted by Gasteiger charge is 2.18. The monoisotopic (exact) mass is 552 g/mol. The second-order valence-electron chi connectivity index (χ2n) is 9.82. The molecule has 0 atom stereocenters. The van der Waals surface area contributed by atoms with Crippen LogP contribution in [0.5, 0.6) is 0 Å². The first-order valence-corrected chi connectivity index (χ1v) is 13.9. The van der Waals surface area contributed by atoms with Crippen LogP contribution in [0.25, 0.3) is 11.3 Å². The van der Waals surface area contributed by atoms with Crippen molar-refractivity contribution in [3.05, 3.63) is 73.1 Å². The summed E-state index contributed by atoms with van der Waals surface area (Å²) in [6, 6.07) is 17.7. The van der Waals surface area contributed by atoms with E-state index in [1.165, 1.54) is 0 Å². The molecule has 0 amide bonds. The number of nitriles is 1. The Kier molecular flexibility index (Phi) is 8.93. The minimum atomic E-state index is 0.458. The van der Waals surface area contributed by atoms with E-state index in [9.17, 15) is 5.26 Å². The lowest BCUT2D eigenvalue weighted by Crippen LogP contribution is -2.51. The van der Waals surface area contributed by atoms with Gasteiger partial charge in [-0.2, -0.15) is 5.26 Å². The molecule has 2 aliphatic heterocycles. The zero-order chi connectivity index (χ0) is 28.6. The van der Waals surface area contributed by atoms with Crippen molar-refractivity contribution in [3.63, 3.8) is 0 Å². The van der Waals surface area contributed by atoms with E-state index in [0.29, 0.717) is 30.7 Å². The van der Waals surface area contributed by atoms with Crippen molar-refractivity contribution in [2.45, 2.75) is 6.92 Å². The fraction of sp³-hybridized carbons (Fsp3) is 0.333. The molecule has 2 aliphatic rings. The van der Waals surface area contributed by atoms with Crippen molar-refractivity contribution in [3.8, 4) is 17.3 Å². The van der Waals surface area contributed by atoms with Crippen LogP contribution in [0.1, 0.15) is 12.5 Å². The highest BCUT2D eigenvalue weighted by molar-refractivity contribution is 5.79. The third-order valence-electron chi connectivity index (χ3n) is 7.29. The molecule has 3 aromatic rings. The molecule has 5 rings (SSSR count). The highest BCUT2D eigenvalue weighted by atomic mass is 16.5. The fourth-order valence-corrected chi connectivity index (χ4v) is 4.90. The Morgan fingerprint density at radius 3 is 2.56 bits per heavy atom. The number of benzene rings is 2. The van der Waals surface area contributed by atoms with E-state index in [1.807, 2.05) is 42.5 Å². The van der Waals surface area contributed by atoms with Gasteiger partial charge in [0.15, 0.2) is 0 Å². The number of nitrogens with one attached hydrogen (secondary N) is 1. The van der Waals surface area contributed by atoms with Crippen LogP contribution < -0.4 is 21.0 Å². The predicted molar refractivity (Wildman–Crippen MR) is 163 cm³/mol. The van der Waals surface area contributed by atoms with Crippen LogP contribution in [0.4, 0.5) is 23.0 Å². The second kappa shape index (κ2) is 13.1. The van der Waals surface area contributed by atoms with Crippen molar-refractivity contribution >= 4 is 29.0 Å². The molecule has 0 radical (unpaired) electrons. The van der Waals surface area contributed by atoms with Crippen LogP contribution in [0, 0.1) is 11.3 Å². The summed E-state index contributed by atoms with van der Waals surface area (Å²) in [5.41, 5.74) is 11.2. The summed E-state index contributed by atoms with van der Waals surface area (Å²) in [6.45, 7) is 13.7. The van der Waals surface area contributed by atoms with Gasteiger partial charge < -0.3 is 30.5 Å². The quantitative estimate of drug-likeness (QED) is 0.244. The van der Waals surface area contributed by atoms with E-state index in [4.69, 9.17) is 15.5 Å². The Labute approximate surface area is 241 Å². The Morgan fingerprint density at radius 2 is 1.88 bits per heavy atom. The van der Waals surface area contributed by atoms with E-state index >= 15 is 0 Å². The van der Waals surface area contributed by atoms with Gasteiger partial charge in [-0.3, -0.25) is 0 Å². The lowest BCUT2D eigenvalue weighted by molar-refractivity contribution is 0.122. The number of rotatable bonds is 8. The fourth-order valence-electron chi connectivity index (χ4n) is 4.90. The summed E-state index contributed by atoms with van der Waals surface area (Å²) >= 11 is 0. The first-order valence-electron chi connectivity index (χ1n) is 13.9. The molecule has 41 heavy (non-hydrogen) atoms. The lowest BCUT2D eigenvalue weighted by atomic mass is 10.1. The van der Waals surface area contributed by atoms with Gasteiger partial charge in [-0.25, -0.2) is 15.0 Å². The van der Waals surface area contributed by atoms with Crippen molar-refractivity contribution < 1.29 is 4.74 Å². The molecular formula is C30H36N10O. The molecule has 11 heteroatoms. The van der Waals surface area contributed by atoms with Gasteiger partial charge in [-0.05, 0) is 55.1 Å². The second-order valence-corrected chi connectivity index (χ2v) is 9.82. The zero-order valence-corrected chi connectivity index (χ0v) is 23.4. The molecule has 0 saturated carbocycles. The van der Waals surface area contributed by atoms with Crippen molar-refractivity contribution in [1.29, 1.82) is 5.26 Å². The number of nitrogens with zero attached hydrogens (tertiary/aromatic N) is 8. The number of nitrogens with two attached hydrogens (primary N) is 1. The maximum absolute atomic E-state index is 9.63. The van der Waals surface area contributed by atoms with Crippen LogP contribution >= 0.6 is 0 Å². The average molecular weight is 553 g/mol. The maximum atomic E-state index is 9.63. The number of guanidine groups is 1. The number of piperazine rings is 1. The molecule has 3 N–H and O–H groups in total. The van der Waals surface area contributed by atoms with Crippen molar-refractivity contribution in [1.82, 2.24) is 19.8 Å². The van der Waals surface area contributed by atoms with Crippen LogP contribution in [-0.4, -0.2) is 84.8 Å². The van der Waals surface area contributed by atoms with Crippen LogP contribution in [-0.2, 0) is 4.74 Å². The molecule has 0 bridgehead atoms. The van der Waals surface area contributed by atoms with E-state index in [1.54, 1.807) is 17.4 Å². The summed E-state index contributed by atoms with van der Waals surface area (Å²) in [4.78, 5) is 15.9. The standard InChI is InChI=1S/C30H36N10O/c1-3-37-11-13-39(14-12-37)29(32)36-40(4-2)26-7-5-25(6-8-26)34-30-33-10-9-28(35-30)24-19-23(22-31)20-27(21-24)38-15-17-41-18-16-38/h4-10,19-21H,2-3,11-18H2,1H3,(H2,32,36)(H,33,34,35). The number of anilines is 4. The van der Waals surface area contributed by atoms with Gasteiger partial charge in [0.25, 0.3) is 0 Å².